The molecule has 0 spiro atoms. The van der Waals surface area contributed by atoms with Gasteiger partial charge < -0.3 is 4.90 Å². The zero-order valence-corrected chi connectivity index (χ0v) is 12.1. The second-order valence-electron chi connectivity index (χ2n) is 5.45. The van der Waals surface area contributed by atoms with Crippen molar-refractivity contribution in [2.24, 2.45) is 5.92 Å². The Morgan fingerprint density at radius 1 is 1.05 bits per heavy atom. The van der Waals surface area contributed by atoms with Crippen molar-refractivity contribution in [3.8, 4) is 0 Å². The first-order chi connectivity index (χ1) is 10.2. The van der Waals surface area contributed by atoms with Crippen molar-refractivity contribution in [1.82, 2.24) is 4.90 Å². The molecular formula is C19H19NO. The molecule has 2 aromatic rings. The first-order valence-electron chi connectivity index (χ1n) is 7.28. The number of carbonyl (C=O) groups excluding carboxylic acids is 1. The second kappa shape index (κ2) is 5.57. The summed E-state index contributed by atoms with van der Waals surface area (Å²) >= 11 is 0. The van der Waals surface area contributed by atoms with Gasteiger partial charge in [-0.3, -0.25) is 4.79 Å². The molecule has 0 aromatic heterocycles. The monoisotopic (exact) mass is 277 g/mol. The average Bonchev–Trinajstić information content (AvgIpc) is 2.54. The van der Waals surface area contributed by atoms with Crippen molar-refractivity contribution in [3.05, 3.63) is 84.4 Å². The van der Waals surface area contributed by atoms with Crippen LogP contribution in [0.15, 0.2) is 73.3 Å². The lowest BCUT2D eigenvalue weighted by Gasteiger charge is -2.49. The topological polar surface area (TPSA) is 20.3 Å². The molecular weight excluding hydrogens is 258 g/mol. The van der Waals surface area contributed by atoms with Crippen LogP contribution in [-0.4, -0.2) is 10.8 Å². The van der Waals surface area contributed by atoms with Crippen LogP contribution < -0.4 is 0 Å². The smallest absolute Gasteiger partial charge is 0.232 e. The molecule has 1 amide bonds. The number of hydrogen-bond donors (Lipinski definition) is 0. The van der Waals surface area contributed by atoms with Crippen LogP contribution in [0.3, 0.4) is 0 Å². The lowest BCUT2D eigenvalue weighted by atomic mass is 9.80. The highest BCUT2D eigenvalue weighted by Crippen LogP contribution is 2.45. The Morgan fingerprint density at radius 2 is 1.62 bits per heavy atom. The Balaban J connectivity index is 1.93. The van der Waals surface area contributed by atoms with Crippen LogP contribution in [0.25, 0.3) is 0 Å². The minimum absolute atomic E-state index is 0.0695. The summed E-state index contributed by atoms with van der Waals surface area (Å²) in [6.45, 7) is 5.91. The number of carbonyl (C=O) groups is 1. The molecule has 2 aromatic carbocycles. The molecule has 0 aliphatic carbocycles. The lowest BCUT2D eigenvalue weighted by molar-refractivity contribution is -0.157. The lowest BCUT2D eigenvalue weighted by Crippen LogP contribution is -2.54. The van der Waals surface area contributed by atoms with Gasteiger partial charge in [-0.25, -0.2) is 0 Å². The fraction of sp³-hybridized carbons (Fsp3) is 0.211. The van der Waals surface area contributed by atoms with Gasteiger partial charge in [0.1, 0.15) is 0 Å². The van der Waals surface area contributed by atoms with Crippen molar-refractivity contribution in [2.45, 2.75) is 19.0 Å². The van der Waals surface area contributed by atoms with Crippen molar-refractivity contribution in [3.63, 3.8) is 0 Å². The predicted octanol–water partition coefficient (Wildman–Crippen LogP) is 4.13. The number of hydrogen-bond acceptors (Lipinski definition) is 1. The Hall–Kier alpha value is -2.35. The Morgan fingerprint density at radius 3 is 2.19 bits per heavy atom. The molecule has 0 N–H and O–H groups in total. The average molecular weight is 277 g/mol. The Bertz CT molecular complexity index is 635. The Kier molecular flexibility index (Phi) is 3.61. The highest BCUT2D eigenvalue weighted by atomic mass is 16.2. The van der Waals surface area contributed by atoms with Gasteiger partial charge in [0.15, 0.2) is 0 Å². The van der Waals surface area contributed by atoms with E-state index in [1.54, 1.807) is 6.08 Å². The quantitative estimate of drug-likeness (QED) is 0.607. The van der Waals surface area contributed by atoms with Gasteiger partial charge in [-0.05, 0) is 18.1 Å². The molecule has 3 atom stereocenters. The van der Waals surface area contributed by atoms with E-state index >= 15 is 0 Å². The maximum atomic E-state index is 12.4. The van der Waals surface area contributed by atoms with Crippen molar-refractivity contribution < 1.29 is 4.79 Å². The molecule has 0 unspecified atom stereocenters. The van der Waals surface area contributed by atoms with Gasteiger partial charge in [-0.1, -0.05) is 66.7 Å². The summed E-state index contributed by atoms with van der Waals surface area (Å²) in [6, 6.07) is 20.5. The van der Waals surface area contributed by atoms with E-state index < -0.39 is 0 Å². The summed E-state index contributed by atoms with van der Waals surface area (Å²) in [5.41, 5.74) is 2.33. The summed E-state index contributed by atoms with van der Waals surface area (Å²) in [4.78, 5) is 14.4. The first kappa shape index (κ1) is 13.6. The van der Waals surface area contributed by atoms with E-state index in [1.165, 1.54) is 5.56 Å². The molecule has 3 rings (SSSR count). The second-order valence-corrected chi connectivity index (χ2v) is 5.45. The van der Waals surface area contributed by atoms with Crippen LogP contribution in [-0.2, 0) is 4.79 Å². The maximum absolute atomic E-state index is 12.4. The molecule has 106 valence electrons. The minimum Gasteiger partial charge on any atom is -0.327 e. The number of nitrogens with zero attached hydrogens (tertiary/aromatic N) is 1. The van der Waals surface area contributed by atoms with Crippen molar-refractivity contribution >= 4 is 5.91 Å². The van der Waals surface area contributed by atoms with Crippen LogP contribution >= 0.6 is 0 Å². The summed E-state index contributed by atoms with van der Waals surface area (Å²) in [7, 11) is 0. The fourth-order valence-electron chi connectivity index (χ4n) is 3.11. The zero-order chi connectivity index (χ0) is 14.8. The van der Waals surface area contributed by atoms with Gasteiger partial charge in [-0.15, -0.1) is 6.58 Å². The molecule has 1 aliphatic heterocycles. The molecule has 2 heteroatoms. The fourth-order valence-corrected chi connectivity index (χ4v) is 3.11. The van der Waals surface area contributed by atoms with Crippen LogP contribution in [0.1, 0.15) is 30.1 Å². The third-order valence-corrected chi connectivity index (χ3v) is 4.27. The number of rotatable bonds is 4. The van der Waals surface area contributed by atoms with E-state index in [9.17, 15) is 4.79 Å². The standard InChI is InChI=1S/C19H19NO/c1-3-17-18(16-12-8-5-9-13-16)20(19(17)21)14(2)15-10-6-4-7-11-15/h3-14,17-18H,1H2,2H3/t14-,17-,18-/m0/s1. The van der Waals surface area contributed by atoms with E-state index in [0.29, 0.717) is 0 Å². The Labute approximate surface area is 125 Å². The number of β-lactam (4-membered cyclic amide) rings is 1. The minimum atomic E-state index is -0.112. The summed E-state index contributed by atoms with van der Waals surface area (Å²) in [5.74, 6) is 0.0498. The van der Waals surface area contributed by atoms with Gasteiger partial charge in [0.05, 0.1) is 18.0 Å². The number of likely N-dealkylation sites (tertiary alicyclic amines) is 1. The highest BCUT2D eigenvalue weighted by molar-refractivity contribution is 5.88. The molecule has 21 heavy (non-hydrogen) atoms. The van der Waals surface area contributed by atoms with E-state index in [1.807, 2.05) is 41.3 Å². The van der Waals surface area contributed by atoms with E-state index in [4.69, 9.17) is 0 Å². The van der Waals surface area contributed by atoms with Gasteiger partial charge in [0.25, 0.3) is 0 Å². The molecule has 0 bridgehead atoms. The van der Waals surface area contributed by atoms with Crippen LogP contribution in [0.4, 0.5) is 0 Å². The molecule has 0 saturated carbocycles. The molecule has 1 heterocycles. The van der Waals surface area contributed by atoms with E-state index in [2.05, 4.69) is 37.8 Å². The highest BCUT2D eigenvalue weighted by Gasteiger charge is 2.48. The molecule has 1 aliphatic rings. The summed E-state index contributed by atoms with van der Waals surface area (Å²) in [5, 5.41) is 0. The van der Waals surface area contributed by atoms with Crippen LogP contribution in [0, 0.1) is 5.92 Å². The third-order valence-electron chi connectivity index (χ3n) is 4.27. The first-order valence-corrected chi connectivity index (χ1v) is 7.28. The molecule has 1 fully saturated rings. The zero-order valence-electron chi connectivity index (χ0n) is 12.1. The predicted molar refractivity (Wildman–Crippen MR) is 84.6 cm³/mol. The SMILES string of the molecule is C=C[C@@H]1C(=O)N([C@@H](C)c2ccccc2)[C@H]1c1ccccc1. The van der Waals surface area contributed by atoms with Gasteiger partial charge in [0, 0.05) is 0 Å². The summed E-state index contributed by atoms with van der Waals surface area (Å²) in [6.07, 6.45) is 1.77. The third kappa shape index (κ3) is 2.27. The van der Waals surface area contributed by atoms with E-state index in [0.717, 1.165) is 5.56 Å². The maximum Gasteiger partial charge on any atom is 0.232 e. The van der Waals surface area contributed by atoms with Gasteiger partial charge in [-0.2, -0.15) is 0 Å². The van der Waals surface area contributed by atoms with Crippen LogP contribution in [0.5, 0.6) is 0 Å². The van der Waals surface area contributed by atoms with Crippen molar-refractivity contribution in [1.29, 1.82) is 0 Å². The van der Waals surface area contributed by atoms with Crippen LogP contribution in [0.2, 0.25) is 0 Å². The summed E-state index contributed by atoms with van der Waals surface area (Å²) < 4.78 is 0. The van der Waals surface area contributed by atoms with Gasteiger partial charge >= 0.3 is 0 Å². The normalized spacial score (nSPS) is 22.5. The molecule has 1 saturated heterocycles. The number of benzene rings is 2. The largest absolute Gasteiger partial charge is 0.327 e. The molecule has 2 nitrogen and oxygen atoms in total. The number of amides is 1. The van der Waals surface area contributed by atoms with E-state index in [-0.39, 0.29) is 23.9 Å². The molecule has 0 radical (unpaired) electrons. The van der Waals surface area contributed by atoms with Gasteiger partial charge in [0.2, 0.25) is 5.91 Å². The van der Waals surface area contributed by atoms with Crippen molar-refractivity contribution in [2.75, 3.05) is 0 Å².